The topological polar surface area (TPSA) is 35.6 Å². The maximum absolute atomic E-state index is 12.3. The fourth-order valence-electron chi connectivity index (χ4n) is 3.50. The minimum absolute atomic E-state index is 0.0248. The maximum Gasteiger partial charge on any atom is 0.245 e. The number of hydrogen-bond donors (Lipinski definition) is 1. The lowest BCUT2D eigenvalue weighted by atomic mass is 10.0. The Hall–Kier alpha value is -1.55. The van der Waals surface area contributed by atoms with E-state index in [1.165, 1.54) is 11.3 Å². The molecule has 4 nitrogen and oxygen atoms in total. The van der Waals surface area contributed by atoms with E-state index in [9.17, 15) is 4.79 Å². The minimum atomic E-state index is 0.0248. The zero-order valence-electron chi connectivity index (χ0n) is 12.3. The summed E-state index contributed by atoms with van der Waals surface area (Å²) in [5, 5.41) is 3.41. The third kappa shape index (κ3) is 2.18. The Morgan fingerprint density at radius 3 is 2.70 bits per heavy atom. The van der Waals surface area contributed by atoms with E-state index >= 15 is 0 Å². The Morgan fingerprint density at radius 1 is 1.20 bits per heavy atom. The first-order chi connectivity index (χ1) is 9.72. The number of fused-ring (bicyclic) bond motifs is 1. The average Bonchev–Trinajstić information content (AvgIpc) is 2.71. The van der Waals surface area contributed by atoms with Gasteiger partial charge in [0.05, 0.1) is 0 Å². The molecule has 4 heteroatoms. The lowest BCUT2D eigenvalue weighted by molar-refractivity contribution is -0.127. The normalized spacial score (nSPS) is 26.6. The Kier molecular flexibility index (Phi) is 3.66. The van der Waals surface area contributed by atoms with Gasteiger partial charge in [-0.3, -0.25) is 4.79 Å². The summed E-state index contributed by atoms with van der Waals surface area (Å²) >= 11 is 0. The molecule has 2 atom stereocenters. The summed E-state index contributed by atoms with van der Waals surface area (Å²) in [4.78, 5) is 16.5. The first-order valence-corrected chi connectivity index (χ1v) is 7.50. The van der Waals surface area contributed by atoms with Crippen molar-refractivity contribution in [2.45, 2.75) is 31.3 Å². The third-order valence-electron chi connectivity index (χ3n) is 4.64. The Morgan fingerprint density at radius 2 is 2.00 bits per heavy atom. The second-order valence-electron chi connectivity index (χ2n) is 5.80. The van der Waals surface area contributed by atoms with Crippen LogP contribution in [0.5, 0.6) is 0 Å². The SMILES string of the molecule is CNC1CCCN(C2CCN(C)C2=O)c2ccccc21. The smallest absolute Gasteiger partial charge is 0.245 e. The van der Waals surface area contributed by atoms with Gasteiger partial charge in [-0.2, -0.15) is 0 Å². The van der Waals surface area contributed by atoms with Crippen molar-refractivity contribution >= 4 is 11.6 Å². The molecule has 0 spiro atoms. The van der Waals surface area contributed by atoms with Crippen LogP contribution in [0.2, 0.25) is 0 Å². The van der Waals surface area contributed by atoms with Crippen LogP contribution in [-0.2, 0) is 4.79 Å². The number of carbonyl (C=O) groups is 1. The first kappa shape index (κ1) is 13.4. The fraction of sp³-hybridized carbons (Fsp3) is 0.562. The minimum Gasteiger partial charge on any atom is -0.359 e. The maximum atomic E-state index is 12.3. The molecule has 0 aliphatic carbocycles. The largest absolute Gasteiger partial charge is 0.359 e. The zero-order chi connectivity index (χ0) is 14.1. The van der Waals surface area contributed by atoms with Gasteiger partial charge in [0.2, 0.25) is 5.91 Å². The summed E-state index contributed by atoms with van der Waals surface area (Å²) in [6.07, 6.45) is 3.18. The fourth-order valence-corrected chi connectivity index (χ4v) is 3.50. The van der Waals surface area contributed by atoms with Crippen molar-refractivity contribution in [1.29, 1.82) is 0 Å². The molecule has 2 unspecified atom stereocenters. The van der Waals surface area contributed by atoms with Crippen molar-refractivity contribution in [2.75, 3.05) is 32.1 Å². The van der Waals surface area contributed by atoms with Crippen molar-refractivity contribution in [3.8, 4) is 0 Å². The molecule has 0 aromatic heterocycles. The summed E-state index contributed by atoms with van der Waals surface area (Å²) in [7, 11) is 3.92. The number of hydrogen-bond acceptors (Lipinski definition) is 3. The molecule has 0 saturated carbocycles. The number of likely N-dealkylation sites (N-methyl/N-ethyl adjacent to an activating group) is 1. The third-order valence-corrected chi connectivity index (χ3v) is 4.64. The summed E-state index contributed by atoms with van der Waals surface area (Å²) < 4.78 is 0. The van der Waals surface area contributed by atoms with E-state index < -0.39 is 0 Å². The highest BCUT2D eigenvalue weighted by Gasteiger charge is 2.36. The molecule has 0 bridgehead atoms. The van der Waals surface area contributed by atoms with Crippen LogP contribution in [0.4, 0.5) is 5.69 Å². The van der Waals surface area contributed by atoms with Gasteiger partial charge in [-0.25, -0.2) is 0 Å². The number of rotatable bonds is 2. The van der Waals surface area contributed by atoms with E-state index in [1.807, 2.05) is 19.0 Å². The van der Waals surface area contributed by atoms with Gasteiger partial charge in [-0.05, 0) is 37.9 Å². The number of likely N-dealkylation sites (tertiary alicyclic amines) is 1. The van der Waals surface area contributed by atoms with Crippen LogP contribution < -0.4 is 10.2 Å². The van der Waals surface area contributed by atoms with Crippen molar-refractivity contribution in [1.82, 2.24) is 10.2 Å². The van der Waals surface area contributed by atoms with Crippen LogP contribution in [-0.4, -0.2) is 44.0 Å². The van der Waals surface area contributed by atoms with Crippen molar-refractivity contribution in [3.05, 3.63) is 29.8 Å². The highest BCUT2D eigenvalue weighted by Crippen LogP contribution is 2.35. The van der Waals surface area contributed by atoms with Crippen LogP contribution in [0.15, 0.2) is 24.3 Å². The van der Waals surface area contributed by atoms with Crippen LogP contribution >= 0.6 is 0 Å². The molecule has 20 heavy (non-hydrogen) atoms. The zero-order valence-corrected chi connectivity index (χ0v) is 12.3. The van der Waals surface area contributed by atoms with Crippen molar-refractivity contribution in [3.63, 3.8) is 0 Å². The molecule has 1 aromatic carbocycles. The molecule has 3 rings (SSSR count). The van der Waals surface area contributed by atoms with Gasteiger partial charge in [0, 0.05) is 31.9 Å². The van der Waals surface area contributed by atoms with E-state index in [0.717, 1.165) is 32.4 Å². The molecule has 1 N–H and O–H groups in total. The number of nitrogens with zero attached hydrogens (tertiary/aromatic N) is 2. The van der Waals surface area contributed by atoms with E-state index in [4.69, 9.17) is 0 Å². The van der Waals surface area contributed by atoms with Gasteiger partial charge < -0.3 is 15.1 Å². The van der Waals surface area contributed by atoms with Gasteiger partial charge in [0.25, 0.3) is 0 Å². The summed E-state index contributed by atoms with van der Waals surface area (Å²) in [6, 6.07) is 8.94. The summed E-state index contributed by atoms with van der Waals surface area (Å²) in [6.45, 7) is 1.84. The summed E-state index contributed by atoms with van der Waals surface area (Å²) in [5.41, 5.74) is 2.56. The molecule has 1 saturated heterocycles. The molecule has 2 aliphatic heterocycles. The van der Waals surface area contributed by atoms with Crippen LogP contribution in [0.3, 0.4) is 0 Å². The van der Waals surface area contributed by atoms with E-state index in [2.05, 4.69) is 34.5 Å². The monoisotopic (exact) mass is 273 g/mol. The number of benzene rings is 1. The molecule has 1 fully saturated rings. The van der Waals surface area contributed by atoms with Crippen molar-refractivity contribution < 1.29 is 4.79 Å². The van der Waals surface area contributed by atoms with E-state index in [-0.39, 0.29) is 11.9 Å². The van der Waals surface area contributed by atoms with Gasteiger partial charge >= 0.3 is 0 Å². The molecule has 1 amide bonds. The Bertz CT molecular complexity index is 502. The standard InChI is InChI=1S/C16H23N3O/c1-17-13-7-5-10-19(14-8-4-3-6-12(13)14)15-9-11-18(2)16(15)20/h3-4,6,8,13,15,17H,5,7,9-11H2,1-2H3. The van der Waals surface area contributed by atoms with Gasteiger partial charge in [-0.15, -0.1) is 0 Å². The number of nitrogens with one attached hydrogen (secondary N) is 1. The van der Waals surface area contributed by atoms with Gasteiger partial charge in [0.15, 0.2) is 0 Å². The Labute approximate surface area is 120 Å². The van der Waals surface area contributed by atoms with Crippen LogP contribution in [0.25, 0.3) is 0 Å². The van der Waals surface area contributed by atoms with Crippen LogP contribution in [0, 0.1) is 0 Å². The quantitative estimate of drug-likeness (QED) is 0.892. The molecule has 1 aromatic rings. The molecule has 0 radical (unpaired) electrons. The predicted molar refractivity (Wildman–Crippen MR) is 80.9 cm³/mol. The van der Waals surface area contributed by atoms with Gasteiger partial charge in [-0.1, -0.05) is 18.2 Å². The van der Waals surface area contributed by atoms with Crippen LogP contribution in [0.1, 0.15) is 30.9 Å². The first-order valence-electron chi connectivity index (χ1n) is 7.50. The second kappa shape index (κ2) is 5.44. The van der Waals surface area contributed by atoms with E-state index in [0.29, 0.717) is 6.04 Å². The highest BCUT2D eigenvalue weighted by molar-refractivity contribution is 5.87. The number of amides is 1. The lowest BCUT2D eigenvalue weighted by Crippen LogP contribution is -2.41. The molecule has 2 aliphatic rings. The number of para-hydroxylation sites is 1. The number of carbonyl (C=O) groups excluding carboxylic acids is 1. The molecule has 2 heterocycles. The Balaban J connectivity index is 1.97. The average molecular weight is 273 g/mol. The van der Waals surface area contributed by atoms with E-state index in [1.54, 1.807) is 0 Å². The lowest BCUT2D eigenvalue weighted by Gasteiger charge is -2.30. The predicted octanol–water partition coefficient (Wildman–Crippen LogP) is 1.78. The van der Waals surface area contributed by atoms with Crippen molar-refractivity contribution in [2.24, 2.45) is 0 Å². The molecular weight excluding hydrogens is 250 g/mol. The second-order valence-corrected chi connectivity index (χ2v) is 5.80. The van der Waals surface area contributed by atoms with Gasteiger partial charge in [0.1, 0.15) is 6.04 Å². The highest BCUT2D eigenvalue weighted by atomic mass is 16.2. The molecule has 108 valence electrons. The molecular formula is C16H23N3O. The summed E-state index contributed by atoms with van der Waals surface area (Å²) in [5.74, 6) is 0.266. The number of anilines is 1.